The molecule has 1 aromatic heterocycles. The highest BCUT2D eigenvalue weighted by Crippen LogP contribution is 2.35. The predicted molar refractivity (Wildman–Crippen MR) is 81.6 cm³/mol. The molecule has 3 rings (SSSR count). The van der Waals surface area contributed by atoms with Gasteiger partial charge in [-0.3, -0.25) is 4.79 Å². The Labute approximate surface area is 126 Å². The van der Waals surface area contributed by atoms with E-state index in [0.717, 1.165) is 41.1 Å². The summed E-state index contributed by atoms with van der Waals surface area (Å²) in [5.41, 5.74) is 1.09. The van der Waals surface area contributed by atoms with Crippen LogP contribution in [-0.2, 0) is 4.74 Å². The first kappa shape index (κ1) is 13.5. The number of hydrogen-bond acceptors (Lipinski definition) is 3. The molecule has 1 saturated heterocycles. The molecule has 1 N–H and O–H groups in total. The van der Waals surface area contributed by atoms with E-state index < -0.39 is 0 Å². The van der Waals surface area contributed by atoms with Gasteiger partial charge in [-0.1, -0.05) is 12.8 Å². The highest BCUT2D eigenvalue weighted by Gasteiger charge is 2.25. The summed E-state index contributed by atoms with van der Waals surface area (Å²) in [6, 6.07) is 0. The number of H-pyrrole nitrogens is 1. The topological polar surface area (TPSA) is 55.0 Å². The molecule has 0 bridgehead atoms. The minimum absolute atomic E-state index is 0.0407. The van der Waals surface area contributed by atoms with Gasteiger partial charge in [0, 0.05) is 25.0 Å². The van der Waals surface area contributed by atoms with Crippen molar-refractivity contribution in [2.24, 2.45) is 0 Å². The number of ether oxygens (including phenoxy) is 1. The summed E-state index contributed by atoms with van der Waals surface area (Å²) in [7, 11) is 0. The Balaban J connectivity index is 1.94. The second-order valence-corrected chi connectivity index (χ2v) is 6.60. The van der Waals surface area contributed by atoms with Crippen LogP contribution in [0.5, 0.6) is 0 Å². The Morgan fingerprint density at radius 2 is 1.79 bits per heavy atom. The van der Waals surface area contributed by atoms with Crippen LogP contribution in [0.15, 0.2) is 4.79 Å². The van der Waals surface area contributed by atoms with Gasteiger partial charge in [0.25, 0.3) is 5.56 Å². The standard InChI is InChI=1S/C14H19IN2O2/c15-11-12(9-3-1-2-4-9)16-13(17-14(11)18)10-5-7-19-8-6-10/h9-10H,1-8H2,(H,16,17,18). The number of hydrogen-bond donors (Lipinski definition) is 1. The molecule has 0 radical (unpaired) electrons. The van der Waals surface area contributed by atoms with Crippen molar-refractivity contribution in [1.29, 1.82) is 0 Å². The summed E-state index contributed by atoms with van der Waals surface area (Å²) in [4.78, 5) is 19.9. The minimum atomic E-state index is 0.0407. The van der Waals surface area contributed by atoms with Gasteiger partial charge in [-0.2, -0.15) is 0 Å². The van der Waals surface area contributed by atoms with Gasteiger partial charge >= 0.3 is 0 Å². The lowest BCUT2D eigenvalue weighted by Crippen LogP contribution is -2.24. The van der Waals surface area contributed by atoms with Crippen molar-refractivity contribution in [3.63, 3.8) is 0 Å². The van der Waals surface area contributed by atoms with Gasteiger partial charge in [0.05, 0.1) is 9.26 Å². The molecule has 0 spiro atoms. The van der Waals surface area contributed by atoms with Gasteiger partial charge in [-0.25, -0.2) is 4.98 Å². The zero-order valence-electron chi connectivity index (χ0n) is 11.0. The minimum Gasteiger partial charge on any atom is -0.381 e. The molecule has 4 nitrogen and oxygen atoms in total. The van der Waals surface area contributed by atoms with Gasteiger partial charge in [0.1, 0.15) is 5.82 Å². The molecule has 0 unspecified atom stereocenters. The molecule has 2 fully saturated rings. The zero-order chi connectivity index (χ0) is 13.2. The summed E-state index contributed by atoms with van der Waals surface area (Å²) in [5.74, 6) is 1.74. The molecule has 2 aliphatic rings. The van der Waals surface area contributed by atoms with Crippen molar-refractivity contribution < 1.29 is 4.74 Å². The molecule has 1 aromatic rings. The molecule has 1 aliphatic carbocycles. The van der Waals surface area contributed by atoms with E-state index in [0.29, 0.717) is 11.8 Å². The molecular weight excluding hydrogens is 355 g/mol. The Morgan fingerprint density at radius 3 is 2.47 bits per heavy atom. The number of nitrogens with one attached hydrogen (secondary N) is 1. The van der Waals surface area contributed by atoms with E-state index in [1.807, 2.05) is 0 Å². The van der Waals surface area contributed by atoms with Crippen LogP contribution in [0.4, 0.5) is 0 Å². The maximum absolute atomic E-state index is 12.1. The van der Waals surface area contributed by atoms with E-state index in [2.05, 4.69) is 27.6 Å². The zero-order valence-corrected chi connectivity index (χ0v) is 13.1. The Bertz CT molecular complexity index is 503. The van der Waals surface area contributed by atoms with Crippen molar-refractivity contribution in [2.45, 2.75) is 50.4 Å². The van der Waals surface area contributed by atoms with E-state index >= 15 is 0 Å². The van der Waals surface area contributed by atoms with Crippen molar-refractivity contribution in [3.05, 3.63) is 25.4 Å². The van der Waals surface area contributed by atoms with Crippen LogP contribution in [-0.4, -0.2) is 23.2 Å². The summed E-state index contributed by atoms with van der Waals surface area (Å²) >= 11 is 2.15. The smallest absolute Gasteiger partial charge is 0.264 e. The van der Waals surface area contributed by atoms with Crippen molar-refractivity contribution in [1.82, 2.24) is 9.97 Å². The fourth-order valence-corrected chi connectivity index (χ4v) is 3.82. The van der Waals surface area contributed by atoms with Crippen LogP contribution in [0.3, 0.4) is 0 Å². The van der Waals surface area contributed by atoms with Crippen LogP contribution < -0.4 is 5.56 Å². The molecule has 2 heterocycles. The quantitative estimate of drug-likeness (QED) is 0.810. The number of halogens is 1. The maximum Gasteiger partial charge on any atom is 0.264 e. The lowest BCUT2D eigenvalue weighted by Gasteiger charge is -2.22. The Morgan fingerprint density at radius 1 is 1.11 bits per heavy atom. The Hall–Kier alpha value is -0.430. The molecule has 1 aliphatic heterocycles. The van der Waals surface area contributed by atoms with Gasteiger partial charge in [-0.05, 0) is 48.3 Å². The van der Waals surface area contributed by atoms with E-state index in [1.54, 1.807) is 0 Å². The molecule has 1 saturated carbocycles. The summed E-state index contributed by atoms with van der Waals surface area (Å²) in [6.07, 6.45) is 6.82. The molecular formula is C14H19IN2O2. The third kappa shape index (κ3) is 2.86. The predicted octanol–water partition coefficient (Wildman–Crippen LogP) is 2.93. The second-order valence-electron chi connectivity index (χ2n) is 5.52. The monoisotopic (exact) mass is 374 g/mol. The molecule has 104 valence electrons. The van der Waals surface area contributed by atoms with Gasteiger partial charge in [0.2, 0.25) is 0 Å². The van der Waals surface area contributed by atoms with E-state index in [9.17, 15) is 4.79 Å². The molecule has 0 amide bonds. The SMILES string of the molecule is O=c1[nH]c(C2CCOCC2)nc(C2CCCC2)c1I. The fourth-order valence-electron chi connectivity index (χ4n) is 3.13. The van der Waals surface area contributed by atoms with E-state index in [4.69, 9.17) is 9.72 Å². The van der Waals surface area contributed by atoms with Gasteiger partial charge < -0.3 is 9.72 Å². The maximum atomic E-state index is 12.1. The number of aromatic nitrogens is 2. The van der Waals surface area contributed by atoms with Crippen LogP contribution in [0.1, 0.15) is 61.9 Å². The van der Waals surface area contributed by atoms with Gasteiger partial charge in [0.15, 0.2) is 0 Å². The van der Waals surface area contributed by atoms with Crippen LogP contribution >= 0.6 is 22.6 Å². The highest BCUT2D eigenvalue weighted by molar-refractivity contribution is 14.1. The third-order valence-corrected chi connectivity index (χ3v) is 5.30. The first-order valence-corrected chi connectivity index (χ1v) is 8.21. The first-order valence-electron chi connectivity index (χ1n) is 7.13. The third-order valence-electron chi connectivity index (χ3n) is 4.26. The number of rotatable bonds is 2. The average molecular weight is 374 g/mol. The van der Waals surface area contributed by atoms with Crippen LogP contribution in [0.25, 0.3) is 0 Å². The molecule has 0 aromatic carbocycles. The summed E-state index contributed by atoms with van der Waals surface area (Å²) in [6.45, 7) is 1.55. The van der Waals surface area contributed by atoms with E-state index in [1.165, 1.54) is 25.7 Å². The number of aromatic amines is 1. The van der Waals surface area contributed by atoms with E-state index in [-0.39, 0.29) is 5.56 Å². The number of nitrogens with zero attached hydrogens (tertiary/aromatic N) is 1. The van der Waals surface area contributed by atoms with Crippen LogP contribution in [0, 0.1) is 3.57 Å². The largest absolute Gasteiger partial charge is 0.381 e. The highest BCUT2D eigenvalue weighted by atomic mass is 127. The summed E-state index contributed by atoms with van der Waals surface area (Å²) < 4.78 is 6.18. The summed E-state index contributed by atoms with van der Waals surface area (Å²) in [5, 5.41) is 0. The normalized spacial score (nSPS) is 21.9. The van der Waals surface area contributed by atoms with Gasteiger partial charge in [-0.15, -0.1) is 0 Å². The first-order chi connectivity index (χ1) is 9.25. The van der Waals surface area contributed by atoms with Crippen molar-refractivity contribution >= 4 is 22.6 Å². The Kier molecular flexibility index (Phi) is 4.21. The lowest BCUT2D eigenvalue weighted by atomic mass is 9.98. The average Bonchev–Trinajstić information content (AvgIpc) is 2.96. The van der Waals surface area contributed by atoms with Crippen molar-refractivity contribution in [3.8, 4) is 0 Å². The van der Waals surface area contributed by atoms with Crippen LogP contribution in [0.2, 0.25) is 0 Å². The van der Waals surface area contributed by atoms with Crippen molar-refractivity contribution in [2.75, 3.05) is 13.2 Å². The fraction of sp³-hybridized carbons (Fsp3) is 0.714. The molecule has 5 heteroatoms. The lowest BCUT2D eigenvalue weighted by molar-refractivity contribution is 0.0834. The second kappa shape index (κ2) is 5.91. The molecule has 19 heavy (non-hydrogen) atoms. The molecule has 0 atom stereocenters.